The van der Waals surface area contributed by atoms with E-state index in [1.165, 1.54) is 18.4 Å². The molecule has 2 heterocycles. The molecule has 0 aliphatic carbocycles. The summed E-state index contributed by atoms with van der Waals surface area (Å²) in [7, 11) is 3.36. The molecule has 4 nitrogen and oxygen atoms in total. The van der Waals surface area contributed by atoms with Crippen molar-refractivity contribution in [2.75, 3.05) is 7.11 Å². The van der Waals surface area contributed by atoms with Gasteiger partial charge in [-0.1, -0.05) is 18.2 Å². The lowest BCUT2D eigenvalue weighted by atomic mass is 10.2. The molecule has 0 aliphatic heterocycles. The Morgan fingerprint density at radius 1 is 1.37 bits per heavy atom. The molecule has 1 aromatic carbocycles. The molecule has 3 rings (SSSR count). The lowest BCUT2D eigenvalue weighted by Crippen LogP contribution is -2.01. The van der Waals surface area contributed by atoms with Gasteiger partial charge in [0.05, 0.1) is 12.8 Å². The number of methoxy groups -OCH3 is 1. The molecule has 0 fully saturated rings. The zero-order valence-electron chi connectivity index (χ0n) is 10.6. The van der Waals surface area contributed by atoms with E-state index in [0.717, 1.165) is 21.6 Å². The molecule has 0 bridgehead atoms. The van der Waals surface area contributed by atoms with Gasteiger partial charge in [0, 0.05) is 23.3 Å². The van der Waals surface area contributed by atoms with Crippen molar-refractivity contribution in [1.29, 1.82) is 0 Å². The van der Waals surface area contributed by atoms with Gasteiger partial charge in [0.2, 0.25) is 0 Å². The number of carbonyl (C=O) groups is 1. The third kappa shape index (κ3) is 1.92. The minimum atomic E-state index is -0.402. The van der Waals surface area contributed by atoms with Crippen LogP contribution in [0.3, 0.4) is 0 Å². The van der Waals surface area contributed by atoms with Crippen LogP contribution in [0.1, 0.15) is 10.5 Å². The summed E-state index contributed by atoms with van der Waals surface area (Å²) in [5.41, 5.74) is 2.50. The van der Waals surface area contributed by atoms with Gasteiger partial charge in [0.25, 0.3) is 0 Å². The number of esters is 1. The second kappa shape index (κ2) is 4.51. The summed E-state index contributed by atoms with van der Waals surface area (Å²) in [6.07, 6.45) is 0. The number of aryl methyl sites for hydroxylation is 1. The number of thiazole rings is 1. The van der Waals surface area contributed by atoms with Crippen molar-refractivity contribution in [2.24, 2.45) is 7.05 Å². The van der Waals surface area contributed by atoms with E-state index in [2.05, 4.69) is 32.5 Å². The van der Waals surface area contributed by atoms with E-state index >= 15 is 0 Å². The van der Waals surface area contributed by atoms with Crippen LogP contribution >= 0.6 is 11.3 Å². The lowest BCUT2D eigenvalue weighted by molar-refractivity contribution is 0.0595. The van der Waals surface area contributed by atoms with Crippen molar-refractivity contribution in [2.45, 2.75) is 0 Å². The Morgan fingerprint density at radius 2 is 2.16 bits per heavy atom. The second-order valence-electron chi connectivity index (χ2n) is 4.18. The third-order valence-corrected chi connectivity index (χ3v) is 3.93. The fourth-order valence-electron chi connectivity index (χ4n) is 2.08. The van der Waals surface area contributed by atoms with Gasteiger partial charge < -0.3 is 9.30 Å². The highest BCUT2D eigenvalue weighted by atomic mass is 32.1. The van der Waals surface area contributed by atoms with Gasteiger partial charge in [-0.05, 0) is 12.1 Å². The summed E-state index contributed by atoms with van der Waals surface area (Å²) >= 11 is 1.44. The van der Waals surface area contributed by atoms with E-state index in [1.807, 2.05) is 19.2 Å². The van der Waals surface area contributed by atoms with Crippen LogP contribution < -0.4 is 0 Å². The number of aromatic nitrogens is 2. The molecule has 0 N–H and O–H groups in total. The van der Waals surface area contributed by atoms with Crippen molar-refractivity contribution in [3.63, 3.8) is 0 Å². The van der Waals surface area contributed by atoms with E-state index in [1.54, 1.807) is 5.38 Å². The van der Waals surface area contributed by atoms with Crippen molar-refractivity contribution in [3.05, 3.63) is 41.4 Å². The van der Waals surface area contributed by atoms with Crippen LogP contribution in [-0.4, -0.2) is 22.6 Å². The Hall–Kier alpha value is -2.14. The second-order valence-corrected chi connectivity index (χ2v) is 5.03. The molecule has 19 heavy (non-hydrogen) atoms. The van der Waals surface area contributed by atoms with Gasteiger partial charge in [-0.3, -0.25) is 0 Å². The summed E-state index contributed by atoms with van der Waals surface area (Å²) < 4.78 is 6.75. The van der Waals surface area contributed by atoms with Crippen LogP contribution in [0.5, 0.6) is 0 Å². The van der Waals surface area contributed by atoms with E-state index in [0.29, 0.717) is 5.69 Å². The quantitative estimate of drug-likeness (QED) is 0.673. The van der Waals surface area contributed by atoms with E-state index < -0.39 is 5.97 Å². The Labute approximate surface area is 114 Å². The molecule has 0 saturated carbocycles. The molecule has 2 aromatic heterocycles. The Morgan fingerprint density at radius 3 is 2.89 bits per heavy atom. The first-order valence-corrected chi connectivity index (χ1v) is 6.67. The standard InChI is InChI=1S/C14H12N2O2S/c1-16-11-6-4-3-5-9(11)7-12(16)13-15-10(8-19-13)14(17)18-2/h3-8H,1-2H3. The molecule has 96 valence electrons. The van der Waals surface area contributed by atoms with Crippen molar-refractivity contribution in [3.8, 4) is 10.7 Å². The van der Waals surface area contributed by atoms with Crippen LogP contribution in [0.25, 0.3) is 21.6 Å². The largest absolute Gasteiger partial charge is 0.464 e. The maximum Gasteiger partial charge on any atom is 0.357 e. The fraction of sp³-hybridized carbons (Fsp3) is 0.143. The minimum Gasteiger partial charge on any atom is -0.464 e. The number of hydrogen-bond donors (Lipinski definition) is 0. The number of carbonyl (C=O) groups excluding carboxylic acids is 1. The van der Waals surface area contributed by atoms with E-state index in [9.17, 15) is 4.79 Å². The number of para-hydroxylation sites is 1. The molecule has 0 radical (unpaired) electrons. The molecule has 0 amide bonds. The molecular weight excluding hydrogens is 260 g/mol. The van der Waals surface area contributed by atoms with Gasteiger partial charge in [-0.25, -0.2) is 9.78 Å². The van der Waals surface area contributed by atoms with Crippen LogP contribution in [0, 0.1) is 0 Å². The number of fused-ring (bicyclic) bond motifs is 1. The predicted molar refractivity (Wildman–Crippen MR) is 75.4 cm³/mol. The first-order chi connectivity index (χ1) is 9.20. The summed E-state index contributed by atoms with van der Waals surface area (Å²) in [6.45, 7) is 0. The fourth-order valence-corrected chi connectivity index (χ4v) is 2.92. The summed E-state index contributed by atoms with van der Waals surface area (Å²) in [4.78, 5) is 15.8. The van der Waals surface area contributed by atoms with Crippen molar-refractivity contribution < 1.29 is 9.53 Å². The Kier molecular flexibility index (Phi) is 2.83. The third-order valence-electron chi connectivity index (χ3n) is 3.07. The summed E-state index contributed by atoms with van der Waals surface area (Å²) in [5.74, 6) is -0.402. The zero-order valence-corrected chi connectivity index (χ0v) is 11.4. The Balaban J connectivity index is 2.11. The average molecular weight is 272 g/mol. The topological polar surface area (TPSA) is 44.1 Å². The van der Waals surface area contributed by atoms with E-state index in [-0.39, 0.29) is 0 Å². The van der Waals surface area contributed by atoms with E-state index in [4.69, 9.17) is 0 Å². The number of ether oxygens (including phenoxy) is 1. The number of rotatable bonds is 2. The number of benzene rings is 1. The highest BCUT2D eigenvalue weighted by Gasteiger charge is 2.15. The maximum atomic E-state index is 11.4. The lowest BCUT2D eigenvalue weighted by Gasteiger charge is -2.00. The smallest absolute Gasteiger partial charge is 0.357 e. The van der Waals surface area contributed by atoms with Crippen molar-refractivity contribution in [1.82, 2.24) is 9.55 Å². The summed E-state index contributed by atoms with van der Waals surface area (Å²) in [5, 5.41) is 3.70. The molecule has 0 spiro atoms. The van der Waals surface area contributed by atoms with Gasteiger partial charge in [0.1, 0.15) is 5.01 Å². The molecule has 0 saturated heterocycles. The van der Waals surface area contributed by atoms with Gasteiger partial charge in [-0.15, -0.1) is 11.3 Å². The van der Waals surface area contributed by atoms with Gasteiger partial charge >= 0.3 is 5.97 Å². The highest BCUT2D eigenvalue weighted by molar-refractivity contribution is 7.13. The average Bonchev–Trinajstić information content (AvgIpc) is 3.04. The number of nitrogens with zero attached hydrogens (tertiary/aromatic N) is 2. The SMILES string of the molecule is COC(=O)c1csc(-c2cc3ccccc3n2C)n1. The first-order valence-electron chi connectivity index (χ1n) is 5.79. The molecule has 0 atom stereocenters. The molecule has 3 aromatic rings. The summed E-state index contributed by atoms with van der Waals surface area (Å²) in [6, 6.07) is 10.2. The normalized spacial score (nSPS) is 10.8. The Bertz CT molecular complexity index is 758. The predicted octanol–water partition coefficient (Wildman–Crippen LogP) is 3.09. The zero-order chi connectivity index (χ0) is 13.4. The van der Waals surface area contributed by atoms with Gasteiger partial charge in [-0.2, -0.15) is 0 Å². The molecule has 0 unspecified atom stereocenters. The number of hydrogen-bond acceptors (Lipinski definition) is 4. The highest BCUT2D eigenvalue weighted by Crippen LogP contribution is 2.29. The van der Waals surface area contributed by atoms with Crippen molar-refractivity contribution >= 4 is 28.2 Å². The first kappa shape index (κ1) is 11.9. The van der Waals surface area contributed by atoms with Crippen LogP contribution in [0.15, 0.2) is 35.7 Å². The van der Waals surface area contributed by atoms with Crippen LogP contribution in [0.4, 0.5) is 0 Å². The monoisotopic (exact) mass is 272 g/mol. The molecular formula is C14H12N2O2S. The van der Waals surface area contributed by atoms with Crippen LogP contribution in [-0.2, 0) is 11.8 Å². The molecule has 5 heteroatoms. The minimum absolute atomic E-state index is 0.354. The van der Waals surface area contributed by atoms with Gasteiger partial charge in [0.15, 0.2) is 5.69 Å². The maximum absolute atomic E-state index is 11.4. The van der Waals surface area contributed by atoms with Crippen LogP contribution in [0.2, 0.25) is 0 Å². The molecule has 0 aliphatic rings.